The van der Waals surface area contributed by atoms with E-state index in [0.29, 0.717) is 17.1 Å². The van der Waals surface area contributed by atoms with E-state index in [4.69, 9.17) is 10.3 Å². The fraction of sp³-hybridized carbons (Fsp3) is 0.833. The van der Waals surface area contributed by atoms with E-state index in [2.05, 4.69) is 24.0 Å². The fourth-order valence-electron chi connectivity index (χ4n) is 1.72. The van der Waals surface area contributed by atoms with Crippen LogP contribution in [0.3, 0.4) is 0 Å². The smallest absolute Gasteiger partial charge is 0.246 e. The maximum Gasteiger partial charge on any atom is 0.246 e. The van der Waals surface area contributed by atoms with Crippen molar-refractivity contribution in [1.82, 2.24) is 10.1 Å². The molecule has 1 heterocycles. The van der Waals surface area contributed by atoms with Crippen LogP contribution in [0.2, 0.25) is 0 Å². The molecule has 1 saturated carbocycles. The summed E-state index contributed by atoms with van der Waals surface area (Å²) < 4.78 is 5.30. The lowest BCUT2D eigenvalue weighted by molar-refractivity contribution is 0.272. The Labute approximate surface area is 107 Å². The van der Waals surface area contributed by atoms with Crippen LogP contribution >= 0.6 is 11.8 Å². The Morgan fingerprint density at radius 3 is 2.88 bits per heavy atom. The molecule has 0 saturated heterocycles. The molecule has 0 amide bonds. The molecule has 2 rings (SSSR count). The van der Waals surface area contributed by atoms with Gasteiger partial charge in [0, 0.05) is 5.25 Å². The summed E-state index contributed by atoms with van der Waals surface area (Å²) in [6.07, 6.45) is 3.50. The summed E-state index contributed by atoms with van der Waals surface area (Å²) >= 11 is 1.85. The van der Waals surface area contributed by atoms with Gasteiger partial charge in [-0.2, -0.15) is 16.7 Å². The molecule has 2 unspecified atom stereocenters. The highest BCUT2D eigenvalue weighted by molar-refractivity contribution is 7.99. The molecule has 0 bridgehead atoms. The quantitative estimate of drug-likeness (QED) is 0.846. The first-order chi connectivity index (χ1) is 8.04. The minimum absolute atomic E-state index is 0.438. The maximum atomic E-state index is 6.24. The summed E-state index contributed by atoms with van der Waals surface area (Å²) in [7, 11) is 0. The van der Waals surface area contributed by atoms with Gasteiger partial charge in [0.05, 0.1) is 11.3 Å². The van der Waals surface area contributed by atoms with E-state index >= 15 is 0 Å². The molecule has 2 N–H and O–H groups in total. The Hall–Kier alpha value is -0.550. The molecule has 0 spiro atoms. The number of thioether (sulfide) groups is 1. The molecule has 0 radical (unpaired) electrons. The van der Waals surface area contributed by atoms with Gasteiger partial charge in [-0.15, -0.1) is 0 Å². The highest BCUT2D eigenvalue weighted by Gasteiger charge is 2.43. The lowest BCUT2D eigenvalue weighted by Crippen LogP contribution is -2.35. The Balaban J connectivity index is 1.96. The lowest BCUT2D eigenvalue weighted by atomic mass is 9.97. The number of hydrogen-bond acceptors (Lipinski definition) is 5. The first-order valence-electron chi connectivity index (χ1n) is 6.27. The highest BCUT2D eigenvalue weighted by atomic mass is 32.2. The molecule has 4 nitrogen and oxygen atoms in total. The number of nitrogens with two attached hydrogens (primary N) is 1. The van der Waals surface area contributed by atoms with Crippen molar-refractivity contribution in [1.29, 1.82) is 0 Å². The van der Waals surface area contributed by atoms with E-state index in [1.807, 2.05) is 18.7 Å². The Morgan fingerprint density at radius 1 is 1.59 bits per heavy atom. The molecular formula is C12H21N3OS. The molecule has 0 aromatic carbocycles. The summed E-state index contributed by atoms with van der Waals surface area (Å²) in [5.41, 5.74) is 5.80. The van der Waals surface area contributed by atoms with Gasteiger partial charge < -0.3 is 10.3 Å². The molecule has 17 heavy (non-hydrogen) atoms. The van der Waals surface area contributed by atoms with Gasteiger partial charge >= 0.3 is 0 Å². The van der Waals surface area contributed by atoms with E-state index in [1.54, 1.807) is 0 Å². The van der Waals surface area contributed by atoms with Crippen molar-refractivity contribution >= 4 is 11.8 Å². The Kier molecular flexibility index (Phi) is 3.78. The van der Waals surface area contributed by atoms with Crippen LogP contribution in [-0.2, 0) is 11.3 Å². The van der Waals surface area contributed by atoms with Crippen molar-refractivity contribution in [3.63, 3.8) is 0 Å². The molecular weight excluding hydrogens is 234 g/mol. The molecule has 1 aromatic heterocycles. The van der Waals surface area contributed by atoms with Gasteiger partial charge in [-0.3, -0.25) is 0 Å². The number of hydrogen-bond donors (Lipinski definition) is 1. The van der Waals surface area contributed by atoms with Crippen LogP contribution in [0, 0.1) is 5.92 Å². The van der Waals surface area contributed by atoms with Crippen LogP contribution in [0.4, 0.5) is 0 Å². The molecule has 1 fully saturated rings. The Morgan fingerprint density at radius 2 is 2.29 bits per heavy atom. The zero-order chi connectivity index (χ0) is 12.5. The molecule has 96 valence electrons. The van der Waals surface area contributed by atoms with Crippen LogP contribution in [0.5, 0.6) is 0 Å². The topological polar surface area (TPSA) is 64.9 Å². The average molecular weight is 255 g/mol. The average Bonchev–Trinajstić information content (AvgIpc) is 3.06. The van der Waals surface area contributed by atoms with Crippen LogP contribution in [-0.4, -0.2) is 15.4 Å². The third kappa shape index (κ3) is 3.01. The number of nitrogens with zero attached hydrogens (tertiary/aromatic N) is 2. The minimum atomic E-state index is -0.438. The van der Waals surface area contributed by atoms with Gasteiger partial charge in [-0.25, -0.2) is 0 Å². The molecule has 1 aliphatic rings. The fourth-order valence-corrected chi connectivity index (χ4v) is 2.51. The van der Waals surface area contributed by atoms with Gasteiger partial charge in [0.2, 0.25) is 5.89 Å². The second-order valence-corrected chi connectivity index (χ2v) is 6.53. The van der Waals surface area contributed by atoms with Crippen molar-refractivity contribution in [2.24, 2.45) is 11.7 Å². The van der Waals surface area contributed by atoms with Crippen molar-refractivity contribution in [2.75, 3.05) is 0 Å². The van der Waals surface area contributed by atoms with E-state index in [0.717, 1.165) is 18.0 Å². The van der Waals surface area contributed by atoms with Crippen LogP contribution in [0.1, 0.15) is 51.7 Å². The second kappa shape index (κ2) is 4.98. The van der Waals surface area contributed by atoms with Crippen molar-refractivity contribution in [2.45, 2.75) is 56.6 Å². The molecule has 0 aliphatic heterocycles. The van der Waals surface area contributed by atoms with Crippen molar-refractivity contribution < 1.29 is 4.52 Å². The van der Waals surface area contributed by atoms with Crippen LogP contribution < -0.4 is 5.73 Å². The van der Waals surface area contributed by atoms with Crippen molar-refractivity contribution in [3.05, 3.63) is 11.7 Å². The predicted molar refractivity (Wildman–Crippen MR) is 69.6 cm³/mol. The summed E-state index contributed by atoms with van der Waals surface area (Å²) in [4.78, 5) is 4.43. The maximum absolute atomic E-state index is 6.24. The van der Waals surface area contributed by atoms with Gasteiger partial charge in [0.25, 0.3) is 0 Å². The van der Waals surface area contributed by atoms with Gasteiger partial charge in [-0.05, 0) is 32.1 Å². The lowest BCUT2D eigenvalue weighted by Gasteiger charge is -2.18. The molecule has 5 heteroatoms. The highest BCUT2D eigenvalue weighted by Crippen LogP contribution is 2.43. The first kappa shape index (κ1) is 12.9. The summed E-state index contributed by atoms with van der Waals surface area (Å²) in [5, 5.41) is 4.64. The third-order valence-electron chi connectivity index (χ3n) is 3.43. The minimum Gasteiger partial charge on any atom is -0.337 e. The first-order valence-corrected chi connectivity index (χ1v) is 7.32. The number of rotatable bonds is 6. The zero-order valence-corrected chi connectivity index (χ0v) is 11.6. The second-order valence-electron chi connectivity index (χ2n) is 5.10. The zero-order valence-electron chi connectivity index (χ0n) is 10.8. The van der Waals surface area contributed by atoms with E-state index in [1.165, 1.54) is 12.8 Å². The van der Waals surface area contributed by atoms with E-state index in [-0.39, 0.29) is 0 Å². The molecule has 2 atom stereocenters. The molecule has 1 aliphatic carbocycles. The molecule has 1 aromatic rings. The van der Waals surface area contributed by atoms with Gasteiger partial charge in [0.15, 0.2) is 5.82 Å². The van der Waals surface area contributed by atoms with Gasteiger partial charge in [0.1, 0.15) is 0 Å². The van der Waals surface area contributed by atoms with E-state index < -0.39 is 5.54 Å². The normalized spacial score (nSPS) is 21.2. The monoisotopic (exact) mass is 255 g/mol. The van der Waals surface area contributed by atoms with Crippen LogP contribution in [0.15, 0.2) is 4.52 Å². The third-order valence-corrected chi connectivity index (χ3v) is 4.75. The summed E-state index contributed by atoms with van der Waals surface area (Å²) in [6, 6.07) is 0. The largest absolute Gasteiger partial charge is 0.337 e. The van der Waals surface area contributed by atoms with Crippen LogP contribution in [0.25, 0.3) is 0 Å². The predicted octanol–water partition coefficient (Wildman–Crippen LogP) is 2.69. The SMILES string of the molecule is CCC(C)SCc1noc(C(C)(N)C2CC2)n1. The van der Waals surface area contributed by atoms with Gasteiger partial charge in [-0.1, -0.05) is 19.0 Å². The van der Waals surface area contributed by atoms with Crippen molar-refractivity contribution in [3.8, 4) is 0 Å². The summed E-state index contributed by atoms with van der Waals surface area (Å²) in [6.45, 7) is 6.38. The Bertz CT molecular complexity index is 374. The van der Waals surface area contributed by atoms with E-state index in [9.17, 15) is 0 Å². The summed E-state index contributed by atoms with van der Waals surface area (Å²) in [5.74, 6) is 2.68. The standard InChI is InChI=1S/C12H21N3OS/c1-4-8(2)17-7-10-14-11(16-15-10)12(3,13)9-5-6-9/h8-9H,4-7,13H2,1-3H3. The number of aromatic nitrogens is 2.